The van der Waals surface area contributed by atoms with Gasteiger partial charge >= 0.3 is 11.9 Å². The quantitative estimate of drug-likeness (QED) is 0.702. The Hall–Kier alpha value is -1.06. The van der Waals surface area contributed by atoms with Crippen LogP contribution in [0.5, 0.6) is 0 Å². The van der Waals surface area contributed by atoms with Crippen LogP contribution in [0, 0.1) is 5.92 Å². The largest absolute Gasteiger partial charge is 0.478 e. The molecule has 1 rings (SSSR count). The van der Waals surface area contributed by atoms with E-state index in [9.17, 15) is 9.59 Å². The van der Waals surface area contributed by atoms with Gasteiger partial charge in [0, 0.05) is 12.8 Å². The van der Waals surface area contributed by atoms with Gasteiger partial charge in [-0.25, -0.2) is 4.79 Å². The average molecular weight is 200 g/mol. The van der Waals surface area contributed by atoms with Crippen molar-refractivity contribution >= 4 is 11.9 Å². The highest BCUT2D eigenvalue weighted by Gasteiger charge is 2.31. The van der Waals surface area contributed by atoms with Crippen molar-refractivity contribution in [1.82, 2.24) is 0 Å². The van der Waals surface area contributed by atoms with Gasteiger partial charge in [-0.05, 0) is 12.8 Å². The topological polar surface area (TPSA) is 63.6 Å². The molecule has 14 heavy (non-hydrogen) atoms. The van der Waals surface area contributed by atoms with Gasteiger partial charge in [0.05, 0.1) is 0 Å². The highest BCUT2D eigenvalue weighted by Crippen LogP contribution is 2.28. The summed E-state index contributed by atoms with van der Waals surface area (Å²) < 4.78 is 4.81. The van der Waals surface area contributed by atoms with Crippen LogP contribution < -0.4 is 0 Å². The highest BCUT2D eigenvalue weighted by atomic mass is 16.6. The lowest BCUT2D eigenvalue weighted by Crippen LogP contribution is -2.35. The van der Waals surface area contributed by atoms with E-state index in [4.69, 9.17) is 9.84 Å². The Balaban J connectivity index is 2.56. The number of carboxylic acid groups (broad SMARTS) is 1. The van der Waals surface area contributed by atoms with Crippen LogP contribution in [0.2, 0.25) is 0 Å². The molecule has 80 valence electrons. The van der Waals surface area contributed by atoms with Crippen LogP contribution in [-0.2, 0) is 14.3 Å². The Labute approximate surface area is 83.2 Å². The molecular weight excluding hydrogens is 184 g/mol. The van der Waals surface area contributed by atoms with E-state index in [1.54, 1.807) is 0 Å². The maximum Gasteiger partial charge on any atom is 0.345 e. The zero-order valence-corrected chi connectivity index (χ0v) is 8.36. The molecule has 0 aromatic rings. The first-order valence-corrected chi connectivity index (χ1v) is 5.01. The summed E-state index contributed by atoms with van der Waals surface area (Å²) in [4.78, 5) is 21.6. The summed E-state index contributed by atoms with van der Waals surface area (Å²) in [6.07, 6.45) is 4.00. The molecule has 0 unspecified atom stereocenters. The number of hydrogen-bond acceptors (Lipinski definition) is 3. The predicted octanol–water partition coefficient (Wildman–Crippen LogP) is 1.58. The molecule has 0 aromatic heterocycles. The first-order chi connectivity index (χ1) is 6.61. The van der Waals surface area contributed by atoms with Gasteiger partial charge in [-0.3, -0.25) is 4.79 Å². The summed E-state index contributed by atoms with van der Waals surface area (Å²) in [6, 6.07) is 0. The van der Waals surface area contributed by atoms with Crippen molar-refractivity contribution in [3.63, 3.8) is 0 Å². The lowest BCUT2D eigenvalue weighted by atomic mass is 9.85. The van der Waals surface area contributed by atoms with Crippen molar-refractivity contribution < 1.29 is 19.4 Å². The molecule has 1 fully saturated rings. The second-order valence-electron chi connectivity index (χ2n) is 3.77. The molecule has 1 aliphatic carbocycles. The molecule has 0 saturated heterocycles. The minimum atomic E-state index is -1.02. The summed E-state index contributed by atoms with van der Waals surface area (Å²) in [6.45, 7) is 1.25. The maximum absolute atomic E-state index is 10.9. The van der Waals surface area contributed by atoms with E-state index in [1.165, 1.54) is 6.92 Å². The lowest BCUT2D eigenvalue weighted by Gasteiger charge is -2.26. The third kappa shape index (κ3) is 3.01. The van der Waals surface area contributed by atoms with Gasteiger partial charge in [-0.15, -0.1) is 0 Å². The van der Waals surface area contributed by atoms with Gasteiger partial charge in [0.15, 0.2) is 0 Å². The first-order valence-electron chi connectivity index (χ1n) is 5.01. The van der Waals surface area contributed by atoms with Gasteiger partial charge in [0.2, 0.25) is 6.10 Å². The van der Waals surface area contributed by atoms with Gasteiger partial charge in [-0.2, -0.15) is 0 Å². The molecule has 0 amide bonds. The minimum absolute atomic E-state index is 0.00477. The molecule has 0 aliphatic heterocycles. The third-order valence-corrected chi connectivity index (χ3v) is 2.61. The van der Waals surface area contributed by atoms with Gasteiger partial charge < -0.3 is 9.84 Å². The zero-order valence-electron chi connectivity index (χ0n) is 8.36. The van der Waals surface area contributed by atoms with Gasteiger partial charge in [0.1, 0.15) is 0 Å². The van der Waals surface area contributed by atoms with Crippen molar-refractivity contribution in [3.05, 3.63) is 0 Å². The molecule has 0 bridgehead atoms. The molecule has 0 radical (unpaired) electrons. The molecule has 1 saturated carbocycles. The van der Waals surface area contributed by atoms with Crippen molar-refractivity contribution in [2.75, 3.05) is 0 Å². The smallest absolute Gasteiger partial charge is 0.345 e. The molecule has 0 heterocycles. The fraction of sp³-hybridized carbons (Fsp3) is 0.800. The zero-order chi connectivity index (χ0) is 10.6. The van der Waals surface area contributed by atoms with E-state index < -0.39 is 18.0 Å². The average Bonchev–Trinajstić information content (AvgIpc) is 2.15. The summed E-state index contributed by atoms with van der Waals surface area (Å²) in [5.74, 6) is -1.53. The van der Waals surface area contributed by atoms with Crippen LogP contribution in [-0.4, -0.2) is 23.1 Å². The fourth-order valence-electron chi connectivity index (χ4n) is 1.96. The van der Waals surface area contributed by atoms with Gasteiger partial charge in [0.25, 0.3) is 0 Å². The van der Waals surface area contributed by atoms with Crippen LogP contribution in [0.25, 0.3) is 0 Å². The summed E-state index contributed by atoms with van der Waals surface area (Å²) in [5, 5.41) is 8.90. The highest BCUT2D eigenvalue weighted by molar-refractivity contribution is 5.77. The number of carboxylic acids is 1. The number of esters is 1. The minimum Gasteiger partial charge on any atom is -0.478 e. The predicted molar refractivity (Wildman–Crippen MR) is 49.8 cm³/mol. The van der Waals surface area contributed by atoms with E-state index in [0.29, 0.717) is 0 Å². The van der Waals surface area contributed by atoms with E-state index in [1.807, 2.05) is 0 Å². The van der Waals surface area contributed by atoms with Crippen molar-refractivity contribution in [2.45, 2.75) is 45.1 Å². The summed E-state index contributed by atoms with van der Waals surface area (Å²) >= 11 is 0. The van der Waals surface area contributed by atoms with E-state index in [2.05, 4.69) is 0 Å². The Morgan fingerprint density at radius 2 is 1.86 bits per heavy atom. The van der Waals surface area contributed by atoms with E-state index in [0.717, 1.165) is 32.1 Å². The SMILES string of the molecule is CC(=O)O[C@H](C(=O)O)C1CCCCC1. The third-order valence-electron chi connectivity index (χ3n) is 2.61. The van der Waals surface area contributed by atoms with Crippen molar-refractivity contribution in [3.8, 4) is 0 Å². The molecule has 1 N–H and O–H groups in total. The maximum atomic E-state index is 10.9. The molecule has 4 heteroatoms. The van der Waals surface area contributed by atoms with Crippen LogP contribution in [0.4, 0.5) is 0 Å². The number of rotatable bonds is 3. The van der Waals surface area contributed by atoms with E-state index in [-0.39, 0.29) is 5.92 Å². The molecule has 4 nitrogen and oxygen atoms in total. The Morgan fingerprint density at radius 3 is 2.29 bits per heavy atom. The van der Waals surface area contributed by atoms with Crippen molar-refractivity contribution in [2.24, 2.45) is 5.92 Å². The summed E-state index contributed by atoms with van der Waals surface area (Å²) in [7, 11) is 0. The number of carbonyl (C=O) groups excluding carboxylic acids is 1. The standard InChI is InChI=1S/C10H16O4/c1-7(11)14-9(10(12)13)8-5-3-2-4-6-8/h8-9H,2-6H2,1H3,(H,12,13)/t9-/m0/s1. The van der Waals surface area contributed by atoms with Crippen LogP contribution in [0.3, 0.4) is 0 Å². The summed E-state index contributed by atoms with van der Waals surface area (Å²) in [5.41, 5.74) is 0. The number of carbonyl (C=O) groups is 2. The Kier molecular flexibility index (Phi) is 3.92. The van der Waals surface area contributed by atoms with Crippen LogP contribution in [0.15, 0.2) is 0 Å². The molecular formula is C10H16O4. The van der Waals surface area contributed by atoms with Gasteiger partial charge in [-0.1, -0.05) is 19.3 Å². The van der Waals surface area contributed by atoms with Crippen LogP contribution >= 0.6 is 0 Å². The fourth-order valence-corrected chi connectivity index (χ4v) is 1.96. The Bertz CT molecular complexity index is 218. The Morgan fingerprint density at radius 1 is 1.29 bits per heavy atom. The van der Waals surface area contributed by atoms with E-state index >= 15 is 0 Å². The second kappa shape index (κ2) is 4.98. The number of aliphatic carboxylic acids is 1. The normalized spacial score (nSPS) is 20.1. The molecule has 1 aliphatic rings. The number of ether oxygens (including phenoxy) is 1. The molecule has 0 spiro atoms. The number of hydrogen-bond donors (Lipinski definition) is 1. The second-order valence-corrected chi connectivity index (χ2v) is 3.77. The van der Waals surface area contributed by atoms with Crippen LogP contribution in [0.1, 0.15) is 39.0 Å². The monoisotopic (exact) mass is 200 g/mol. The lowest BCUT2D eigenvalue weighted by molar-refractivity contribution is -0.167. The molecule has 1 atom stereocenters. The molecule has 0 aromatic carbocycles. The van der Waals surface area contributed by atoms with Crippen molar-refractivity contribution in [1.29, 1.82) is 0 Å². The first kappa shape index (κ1) is 11.0.